The van der Waals surface area contributed by atoms with E-state index >= 15 is 0 Å². The van der Waals surface area contributed by atoms with E-state index in [4.69, 9.17) is 0 Å². The Morgan fingerprint density at radius 2 is 1.70 bits per heavy atom. The summed E-state index contributed by atoms with van der Waals surface area (Å²) in [5, 5.41) is 9.20. The Morgan fingerprint density at radius 3 is 2.05 bits per heavy atom. The van der Waals surface area contributed by atoms with Crippen LogP contribution in [0.25, 0.3) is 0 Å². The fourth-order valence-electron chi connectivity index (χ4n) is 2.33. The number of carbonyl (C=O) groups is 1. The number of carboxylic acids is 1. The van der Waals surface area contributed by atoms with Crippen LogP contribution in [0.15, 0.2) is 12.1 Å². The highest BCUT2D eigenvalue weighted by molar-refractivity contribution is 7.92. The SMILES string of the molecule is CCS(=O)(=O)N(c1c(C)cc(C)cc1C)C(C)C(=O)O. The lowest BCUT2D eigenvalue weighted by atomic mass is 10.0. The lowest BCUT2D eigenvalue weighted by Crippen LogP contribution is -2.45. The molecule has 0 aliphatic carbocycles. The average molecular weight is 299 g/mol. The monoisotopic (exact) mass is 299 g/mol. The van der Waals surface area contributed by atoms with E-state index in [0.29, 0.717) is 5.69 Å². The van der Waals surface area contributed by atoms with Gasteiger partial charge < -0.3 is 5.11 Å². The molecule has 1 rings (SSSR count). The maximum absolute atomic E-state index is 12.3. The van der Waals surface area contributed by atoms with E-state index in [-0.39, 0.29) is 5.75 Å². The topological polar surface area (TPSA) is 74.7 Å². The molecule has 20 heavy (non-hydrogen) atoms. The summed E-state index contributed by atoms with van der Waals surface area (Å²) in [5.41, 5.74) is 2.99. The summed E-state index contributed by atoms with van der Waals surface area (Å²) in [6.45, 7) is 8.40. The number of nitrogens with zero attached hydrogens (tertiary/aromatic N) is 1. The number of hydrogen-bond acceptors (Lipinski definition) is 3. The van der Waals surface area contributed by atoms with Crippen molar-refractivity contribution < 1.29 is 18.3 Å². The second-order valence-corrected chi connectivity index (χ2v) is 7.09. The number of hydrogen-bond donors (Lipinski definition) is 1. The molecule has 0 radical (unpaired) electrons. The first-order chi connectivity index (χ1) is 9.11. The fraction of sp³-hybridized carbons (Fsp3) is 0.500. The Morgan fingerprint density at radius 1 is 1.25 bits per heavy atom. The Labute approximate surface area is 120 Å². The normalized spacial score (nSPS) is 13.1. The third-order valence-corrected chi connectivity index (χ3v) is 5.06. The van der Waals surface area contributed by atoms with Gasteiger partial charge in [0.05, 0.1) is 11.4 Å². The molecule has 0 amide bonds. The van der Waals surface area contributed by atoms with E-state index in [1.807, 2.05) is 19.1 Å². The highest BCUT2D eigenvalue weighted by Gasteiger charge is 2.32. The van der Waals surface area contributed by atoms with Crippen LogP contribution < -0.4 is 4.31 Å². The second-order valence-electron chi connectivity index (χ2n) is 4.96. The Bertz CT molecular complexity index is 599. The van der Waals surface area contributed by atoms with Gasteiger partial charge in [-0.15, -0.1) is 0 Å². The molecule has 1 N–H and O–H groups in total. The number of rotatable bonds is 5. The van der Waals surface area contributed by atoms with Crippen LogP contribution in [-0.4, -0.2) is 31.3 Å². The molecule has 5 nitrogen and oxygen atoms in total. The van der Waals surface area contributed by atoms with Gasteiger partial charge in [-0.25, -0.2) is 13.2 Å². The van der Waals surface area contributed by atoms with Gasteiger partial charge in [0, 0.05) is 0 Å². The molecule has 6 heteroatoms. The molecule has 0 aromatic heterocycles. The van der Waals surface area contributed by atoms with Crippen molar-refractivity contribution in [3.63, 3.8) is 0 Å². The van der Waals surface area contributed by atoms with Gasteiger partial charge in [0.15, 0.2) is 0 Å². The van der Waals surface area contributed by atoms with Gasteiger partial charge in [0.25, 0.3) is 0 Å². The number of carboxylic acid groups (broad SMARTS) is 1. The first kappa shape index (κ1) is 16.5. The Hall–Kier alpha value is -1.56. The zero-order chi connectivity index (χ0) is 15.7. The van der Waals surface area contributed by atoms with E-state index in [1.165, 1.54) is 13.8 Å². The average Bonchev–Trinajstić information content (AvgIpc) is 2.32. The molecule has 0 saturated heterocycles. The van der Waals surface area contributed by atoms with Crippen molar-refractivity contribution in [1.82, 2.24) is 0 Å². The van der Waals surface area contributed by atoms with E-state index in [2.05, 4.69) is 0 Å². The molecule has 0 heterocycles. The van der Waals surface area contributed by atoms with Gasteiger partial charge in [0.1, 0.15) is 6.04 Å². The summed E-state index contributed by atoms with van der Waals surface area (Å²) in [5.74, 6) is -1.31. The van der Waals surface area contributed by atoms with Gasteiger partial charge in [-0.3, -0.25) is 4.31 Å². The zero-order valence-electron chi connectivity index (χ0n) is 12.5. The maximum Gasteiger partial charge on any atom is 0.327 e. The van der Waals surface area contributed by atoms with Crippen LogP contribution in [0.1, 0.15) is 30.5 Å². The van der Waals surface area contributed by atoms with Gasteiger partial charge in [-0.2, -0.15) is 0 Å². The largest absolute Gasteiger partial charge is 0.480 e. The Kier molecular flexibility index (Phi) is 4.81. The van der Waals surface area contributed by atoms with Gasteiger partial charge in [0.2, 0.25) is 10.0 Å². The summed E-state index contributed by atoms with van der Waals surface area (Å²) in [4.78, 5) is 11.3. The van der Waals surface area contributed by atoms with Crippen molar-refractivity contribution >= 4 is 21.7 Å². The maximum atomic E-state index is 12.3. The molecule has 0 aliphatic heterocycles. The number of aryl methyl sites for hydroxylation is 3. The summed E-state index contributed by atoms with van der Waals surface area (Å²) < 4.78 is 25.6. The van der Waals surface area contributed by atoms with Gasteiger partial charge >= 0.3 is 5.97 Å². The highest BCUT2D eigenvalue weighted by atomic mass is 32.2. The molecular formula is C14H21NO4S. The second kappa shape index (κ2) is 5.83. The molecule has 1 unspecified atom stereocenters. The van der Waals surface area contributed by atoms with Gasteiger partial charge in [-0.05, 0) is 45.7 Å². The third-order valence-electron chi connectivity index (χ3n) is 3.23. The first-order valence-electron chi connectivity index (χ1n) is 6.44. The minimum absolute atomic E-state index is 0.141. The molecule has 0 bridgehead atoms. The van der Waals surface area contributed by atoms with Crippen LogP contribution in [0.4, 0.5) is 5.69 Å². The van der Waals surface area contributed by atoms with E-state index in [1.54, 1.807) is 13.8 Å². The van der Waals surface area contributed by atoms with Crippen molar-refractivity contribution in [2.45, 2.75) is 40.7 Å². The lowest BCUT2D eigenvalue weighted by Gasteiger charge is -2.30. The molecule has 112 valence electrons. The molecule has 0 saturated carbocycles. The van der Waals surface area contributed by atoms with Crippen LogP contribution in [0.2, 0.25) is 0 Å². The number of aliphatic carboxylic acids is 1. The van der Waals surface area contributed by atoms with Crippen LogP contribution in [0, 0.1) is 20.8 Å². The molecule has 1 aromatic rings. The van der Waals surface area contributed by atoms with Crippen molar-refractivity contribution in [3.05, 3.63) is 28.8 Å². The fourth-order valence-corrected chi connectivity index (χ4v) is 3.75. The van der Waals surface area contributed by atoms with E-state index in [0.717, 1.165) is 21.0 Å². The van der Waals surface area contributed by atoms with Crippen LogP contribution in [0.5, 0.6) is 0 Å². The summed E-state index contributed by atoms with van der Waals surface area (Å²) in [6.07, 6.45) is 0. The quantitative estimate of drug-likeness (QED) is 0.905. The number of sulfonamides is 1. The van der Waals surface area contributed by atoms with Gasteiger partial charge in [-0.1, -0.05) is 17.7 Å². The molecule has 1 atom stereocenters. The zero-order valence-corrected chi connectivity index (χ0v) is 13.3. The smallest absolute Gasteiger partial charge is 0.327 e. The Balaban J connectivity index is 3.59. The summed E-state index contributed by atoms with van der Waals surface area (Å²) in [6, 6.07) is 2.57. The molecule has 1 aromatic carbocycles. The van der Waals surface area contributed by atoms with Crippen LogP contribution in [0.3, 0.4) is 0 Å². The van der Waals surface area contributed by atoms with Crippen molar-refractivity contribution in [2.75, 3.05) is 10.1 Å². The predicted octanol–water partition coefficient (Wildman–Crippen LogP) is 2.24. The molecular weight excluding hydrogens is 278 g/mol. The number of benzene rings is 1. The molecule has 0 fully saturated rings. The van der Waals surface area contributed by atoms with Crippen LogP contribution >= 0.6 is 0 Å². The predicted molar refractivity (Wildman–Crippen MR) is 79.7 cm³/mol. The number of anilines is 1. The standard InChI is InChI=1S/C14H21NO4S/c1-6-20(18,19)15(12(5)14(16)17)13-10(3)7-9(2)8-11(13)4/h7-8,12H,6H2,1-5H3,(H,16,17). The minimum Gasteiger partial charge on any atom is -0.480 e. The summed E-state index contributed by atoms with van der Waals surface area (Å²) in [7, 11) is -3.66. The third kappa shape index (κ3) is 3.12. The molecule has 0 spiro atoms. The summed E-state index contributed by atoms with van der Waals surface area (Å²) >= 11 is 0. The highest BCUT2D eigenvalue weighted by Crippen LogP contribution is 2.30. The van der Waals surface area contributed by atoms with Crippen molar-refractivity contribution in [1.29, 1.82) is 0 Å². The van der Waals surface area contributed by atoms with Crippen molar-refractivity contribution in [3.8, 4) is 0 Å². The van der Waals surface area contributed by atoms with E-state index < -0.39 is 22.0 Å². The molecule has 0 aliphatic rings. The lowest BCUT2D eigenvalue weighted by molar-refractivity contribution is -0.137. The minimum atomic E-state index is -3.66. The van der Waals surface area contributed by atoms with Crippen LogP contribution in [-0.2, 0) is 14.8 Å². The first-order valence-corrected chi connectivity index (χ1v) is 8.05. The van der Waals surface area contributed by atoms with E-state index in [9.17, 15) is 18.3 Å². The van der Waals surface area contributed by atoms with Crippen molar-refractivity contribution in [2.24, 2.45) is 0 Å².